The lowest BCUT2D eigenvalue weighted by atomic mass is 10.2. The zero-order valence-corrected chi connectivity index (χ0v) is 16.4. The fraction of sp³-hybridized carbons (Fsp3) is 0.318. The fourth-order valence-corrected chi connectivity index (χ4v) is 3.38. The van der Waals surface area contributed by atoms with Crippen molar-refractivity contribution in [1.29, 1.82) is 0 Å². The Hall–Kier alpha value is -3.26. The highest BCUT2D eigenvalue weighted by Gasteiger charge is 2.33. The topological polar surface area (TPSA) is 77.7 Å². The molecule has 30 heavy (non-hydrogen) atoms. The molecule has 156 valence electrons. The molecule has 3 aromatic rings. The number of halogens is 1. The molecule has 1 saturated heterocycles. The Morgan fingerprint density at radius 3 is 2.73 bits per heavy atom. The molecule has 7 nitrogen and oxygen atoms in total. The van der Waals surface area contributed by atoms with Gasteiger partial charge in [-0.2, -0.15) is 4.98 Å². The summed E-state index contributed by atoms with van der Waals surface area (Å²) in [4.78, 5) is 18.7. The van der Waals surface area contributed by atoms with Gasteiger partial charge in [0.05, 0.1) is 12.6 Å². The highest BCUT2D eigenvalue weighted by molar-refractivity contribution is 5.78. The van der Waals surface area contributed by atoms with Gasteiger partial charge in [0.2, 0.25) is 0 Å². The molecule has 1 aliphatic rings. The molecule has 1 unspecified atom stereocenters. The van der Waals surface area contributed by atoms with Crippen molar-refractivity contribution >= 4 is 5.91 Å². The minimum atomic E-state index is -0.353. The van der Waals surface area contributed by atoms with Crippen molar-refractivity contribution < 1.29 is 23.2 Å². The van der Waals surface area contributed by atoms with Crippen molar-refractivity contribution in [3.63, 3.8) is 0 Å². The van der Waals surface area contributed by atoms with E-state index in [9.17, 15) is 9.18 Å². The van der Waals surface area contributed by atoms with Crippen LogP contribution in [0.15, 0.2) is 59.1 Å². The molecule has 4 rings (SSSR count). The minimum Gasteiger partial charge on any atom is -0.484 e. The van der Waals surface area contributed by atoms with Gasteiger partial charge in [-0.15, -0.1) is 0 Å². The summed E-state index contributed by atoms with van der Waals surface area (Å²) < 4.78 is 29.4. The first-order valence-electron chi connectivity index (χ1n) is 9.81. The number of amides is 1. The lowest BCUT2D eigenvalue weighted by Gasteiger charge is -2.22. The van der Waals surface area contributed by atoms with E-state index in [1.54, 1.807) is 4.90 Å². The molecule has 0 bridgehead atoms. The second kappa shape index (κ2) is 9.49. The molecule has 0 spiro atoms. The predicted molar refractivity (Wildman–Crippen MR) is 105 cm³/mol. The van der Waals surface area contributed by atoms with Crippen LogP contribution in [-0.2, 0) is 22.7 Å². The first kappa shape index (κ1) is 20.0. The number of likely N-dealkylation sites (tertiary alicyclic amines) is 1. The Kier molecular flexibility index (Phi) is 6.34. The summed E-state index contributed by atoms with van der Waals surface area (Å²) in [7, 11) is 0. The number of aromatic nitrogens is 2. The van der Waals surface area contributed by atoms with Gasteiger partial charge in [0.25, 0.3) is 11.8 Å². The van der Waals surface area contributed by atoms with Crippen LogP contribution in [0.5, 0.6) is 5.75 Å². The van der Waals surface area contributed by atoms with E-state index in [0.717, 1.165) is 18.4 Å². The van der Waals surface area contributed by atoms with Crippen molar-refractivity contribution in [2.75, 3.05) is 13.2 Å². The van der Waals surface area contributed by atoms with Crippen LogP contribution in [0.3, 0.4) is 0 Å². The summed E-state index contributed by atoms with van der Waals surface area (Å²) in [6, 6.07) is 15.1. The average molecular weight is 411 g/mol. The number of carbonyl (C=O) groups is 1. The van der Waals surface area contributed by atoms with E-state index in [4.69, 9.17) is 14.0 Å². The maximum atomic E-state index is 13.0. The number of carbonyl (C=O) groups excluding carboxylic acids is 1. The monoisotopic (exact) mass is 411 g/mol. The zero-order chi connectivity index (χ0) is 20.8. The Morgan fingerprint density at radius 1 is 1.13 bits per heavy atom. The lowest BCUT2D eigenvalue weighted by Crippen LogP contribution is -2.34. The molecule has 0 N–H and O–H groups in total. The molecule has 0 saturated carbocycles. The second-order valence-corrected chi connectivity index (χ2v) is 7.01. The Labute approximate surface area is 173 Å². The largest absolute Gasteiger partial charge is 0.484 e. The lowest BCUT2D eigenvalue weighted by molar-refractivity contribution is -0.134. The average Bonchev–Trinajstić information content (AvgIpc) is 3.43. The van der Waals surface area contributed by atoms with Gasteiger partial charge in [0.1, 0.15) is 18.2 Å². The fourth-order valence-electron chi connectivity index (χ4n) is 3.38. The summed E-state index contributed by atoms with van der Waals surface area (Å²) in [6.07, 6.45) is 1.60. The van der Waals surface area contributed by atoms with Crippen LogP contribution >= 0.6 is 0 Å². The SMILES string of the molecule is O=C(COc1ccc(F)cc1)N1CCCC1c1noc(COCc2ccccc2)n1. The van der Waals surface area contributed by atoms with E-state index in [1.807, 2.05) is 30.3 Å². The number of rotatable bonds is 8. The quantitative estimate of drug-likeness (QED) is 0.563. The van der Waals surface area contributed by atoms with E-state index in [0.29, 0.717) is 30.6 Å². The van der Waals surface area contributed by atoms with Crippen molar-refractivity contribution in [2.45, 2.75) is 32.1 Å². The van der Waals surface area contributed by atoms with Crippen molar-refractivity contribution in [2.24, 2.45) is 0 Å². The van der Waals surface area contributed by atoms with E-state index >= 15 is 0 Å². The van der Waals surface area contributed by atoms with Gasteiger partial charge in [-0.05, 0) is 42.7 Å². The number of hydrogen-bond donors (Lipinski definition) is 0. The van der Waals surface area contributed by atoms with Crippen LogP contribution in [-0.4, -0.2) is 34.1 Å². The third-order valence-electron chi connectivity index (χ3n) is 4.87. The predicted octanol–water partition coefficient (Wildman–Crippen LogP) is 3.67. The van der Waals surface area contributed by atoms with E-state index < -0.39 is 0 Å². The Morgan fingerprint density at radius 2 is 1.93 bits per heavy atom. The van der Waals surface area contributed by atoms with Gasteiger partial charge in [-0.1, -0.05) is 35.5 Å². The maximum absolute atomic E-state index is 13.0. The van der Waals surface area contributed by atoms with E-state index in [1.165, 1.54) is 24.3 Å². The van der Waals surface area contributed by atoms with Crippen molar-refractivity contribution in [3.8, 4) is 5.75 Å². The Balaban J connectivity index is 1.30. The van der Waals surface area contributed by atoms with Crippen LogP contribution in [0.1, 0.15) is 36.2 Å². The zero-order valence-electron chi connectivity index (χ0n) is 16.4. The molecule has 1 atom stereocenters. The summed E-state index contributed by atoms with van der Waals surface area (Å²) in [5, 5.41) is 4.04. The van der Waals surface area contributed by atoms with Crippen molar-refractivity contribution in [3.05, 3.63) is 77.7 Å². The molecule has 1 aromatic heterocycles. The number of nitrogens with zero attached hydrogens (tertiary/aromatic N) is 3. The number of benzene rings is 2. The Bertz CT molecular complexity index is 962. The number of hydrogen-bond acceptors (Lipinski definition) is 6. The van der Waals surface area contributed by atoms with Crippen LogP contribution in [0.2, 0.25) is 0 Å². The summed E-state index contributed by atoms with van der Waals surface area (Å²) in [6.45, 7) is 1.13. The van der Waals surface area contributed by atoms with Crippen molar-refractivity contribution in [1.82, 2.24) is 15.0 Å². The molecular weight excluding hydrogens is 389 g/mol. The van der Waals surface area contributed by atoms with E-state index in [2.05, 4.69) is 10.1 Å². The van der Waals surface area contributed by atoms with Gasteiger partial charge < -0.3 is 18.9 Å². The summed E-state index contributed by atoms with van der Waals surface area (Å²) in [5.74, 6) is 0.768. The van der Waals surface area contributed by atoms with Gasteiger partial charge in [0.15, 0.2) is 12.4 Å². The second-order valence-electron chi connectivity index (χ2n) is 7.01. The molecule has 1 fully saturated rings. The minimum absolute atomic E-state index is 0.132. The smallest absolute Gasteiger partial charge is 0.261 e. The molecule has 1 amide bonds. The summed E-state index contributed by atoms with van der Waals surface area (Å²) >= 11 is 0. The highest BCUT2D eigenvalue weighted by atomic mass is 19.1. The molecular formula is C22H22FN3O4. The standard InChI is InChI=1S/C22H22FN3O4/c23-17-8-10-18(11-9-17)29-15-21(27)26-12-4-7-19(26)22-24-20(30-25-22)14-28-13-16-5-2-1-3-6-16/h1-3,5-6,8-11,19H,4,7,12-15H2. The van der Waals surface area contributed by atoms with Crippen LogP contribution in [0, 0.1) is 5.82 Å². The van der Waals surface area contributed by atoms with E-state index in [-0.39, 0.29) is 31.0 Å². The molecule has 2 aromatic carbocycles. The summed E-state index contributed by atoms with van der Waals surface area (Å²) in [5.41, 5.74) is 1.06. The number of ether oxygens (including phenoxy) is 2. The molecule has 2 heterocycles. The van der Waals surface area contributed by atoms with Crippen LogP contribution in [0.4, 0.5) is 4.39 Å². The molecule has 1 aliphatic heterocycles. The normalized spacial score (nSPS) is 16.0. The van der Waals surface area contributed by atoms with Crippen LogP contribution in [0.25, 0.3) is 0 Å². The van der Waals surface area contributed by atoms with Gasteiger partial charge in [-0.25, -0.2) is 4.39 Å². The third kappa shape index (κ3) is 5.01. The van der Waals surface area contributed by atoms with Crippen LogP contribution < -0.4 is 4.74 Å². The highest BCUT2D eigenvalue weighted by Crippen LogP contribution is 2.30. The van der Waals surface area contributed by atoms with Gasteiger partial charge in [-0.3, -0.25) is 4.79 Å². The third-order valence-corrected chi connectivity index (χ3v) is 4.87. The molecule has 8 heteroatoms. The molecule has 0 radical (unpaired) electrons. The van der Waals surface area contributed by atoms with Gasteiger partial charge >= 0.3 is 0 Å². The maximum Gasteiger partial charge on any atom is 0.261 e. The first-order valence-corrected chi connectivity index (χ1v) is 9.81. The first-order chi connectivity index (χ1) is 14.7. The molecule has 0 aliphatic carbocycles. The van der Waals surface area contributed by atoms with Gasteiger partial charge in [0, 0.05) is 6.54 Å².